The van der Waals surface area contributed by atoms with Crippen molar-refractivity contribution in [1.29, 1.82) is 0 Å². The summed E-state index contributed by atoms with van der Waals surface area (Å²) in [5.74, 6) is 0. The number of hydrogen-bond acceptors (Lipinski definition) is 2. The van der Waals surface area contributed by atoms with Crippen LogP contribution in [0.2, 0.25) is 19.1 Å². The molecule has 0 aliphatic carbocycles. The molecule has 1 heterocycles. The minimum Gasteiger partial charge on any atom is -0.287 e. The maximum atomic E-state index is 5.10. The van der Waals surface area contributed by atoms with Crippen LogP contribution in [0.1, 0.15) is 6.42 Å². The highest BCUT2D eigenvalue weighted by Gasteiger charge is 2.26. The summed E-state index contributed by atoms with van der Waals surface area (Å²) in [5, 5.41) is 0. The van der Waals surface area contributed by atoms with Crippen molar-refractivity contribution in [1.82, 2.24) is 0 Å². The smallest absolute Gasteiger partial charge is 0.233 e. The molecule has 0 amide bonds. The van der Waals surface area contributed by atoms with Gasteiger partial charge in [-0.3, -0.25) is 4.58 Å². The van der Waals surface area contributed by atoms with Gasteiger partial charge in [0.25, 0.3) is 0 Å². The summed E-state index contributed by atoms with van der Waals surface area (Å²) in [5.41, 5.74) is 0. The summed E-state index contributed by atoms with van der Waals surface area (Å²) in [4.78, 5) is 4.85. The van der Waals surface area contributed by atoms with Gasteiger partial charge in [0.05, 0.1) is 6.61 Å². The minimum atomic E-state index is -1.31. The minimum absolute atomic E-state index is 0.788. The van der Waals surface area contributed by atoms with Crippen LogP contribution < -0.4 is 0 Å². The molecule has 0 unspecified atom stereocenters. The summed E-state index contributed by atoms with van der Waals surface area (Å²) < 4.78 is 5.10. The first-order valence-electron chi connectivity index (χ1n) is 3.01. The first-order valence-corrected chi connectivity index (χ1v) is 6.13. The molecule has 1 fully saturated rings. The van der Waals surface area contributed by atoms with E-state index in [-0.39, 0.29) is 0 Å². The Balaban J connectivity index is 2.33. The number of rotatable bonds is 0. The van der Waals surface area contributed by atoms with Crippen molar-refractivity contribution >= 4 is 8.32 Å². The Kier molecular flexibility index (Phi) is 1.70. The zero-order valence-corrected chi connectivity index (χ0v) is 6.44. The monoisotopic (exact) mass is 132 g/mol. The van der Waals surface area contributed by atoms with Crippen molar-refractivity contribution in [3.05, 3.63) is 0 Å². The molecule has 0 saturated carbocycles. The van der Waals surface area contributed by atoms with Crippen LogP contribution in [0, 0.1) is 0 Å². The summed E-state index contributed by atoms with van der Waals surface area (Å²) in [6.45, 7) is 5.13. The molecule has 1 aliphatic rings. The van der Waals surface area contributed by atoms with Crippen molar-refractivity contribution in [2.24, 2.45) is 0 Å². The predicted molar refractivity (Wildman–Crippen MR) is 33.9 cm³/mol. The molecule has 48 valence electrons. The molecule has 0 aromatic heterocycles. The molecule has 0 N–H and O–H groups in total. The number of hydrogen-bond donors (Lipinski definition) is 0. The van der Waals surface area contributed by atoms with Crippen molar-refractivity contribution in [3.8, 4) is 0 Å². The van der Waals surface area contributed by atoms with Gasteiger partial charge in [-0.2, -0.15) is 0 Å². The Labute approximate surface area is 50.9 Å². The Hall–Kier alpha value is 0.137. The van der Waals surface area contributed by atoms with E-state index in [2.05, 4.69) is 13.1 Å². The van der Waals surface area contributed by atoms with Gasteiger partial charge in [-0.05, 0) is 25.6 Å². The molecule has 0 bridgehead atoms. The summed E-state index contributed by atoms with van der Waals surface area (Å²) in [6, 6.07) is 1.24. The molecule has 1 rings (SSSR count). The van der Waals surface area contributed by atoms with Gasteiger partial charge in [0.1, 0.15) is 0 Å². The fourth-order valence-corrected chi connectivity index (χ4v) is 2.28. The van der Waals surface area contributed by atoms with Crippen molar-refractivity contribution in [2.75, 3.05) is 6.61 Å². The highest BCUT2D eigenvalue weighted by molar-refractivity contribution is 6.70. The van der Waals surface area contributed by atoms with Crippen LogP contribution >= 0.6 is 0 Å². The van der Waals surface area contributed by atoms with Gasteiger partial charge in [0.2, 0.25) is 8.32 Å². The SMILES string of the molecule is C[Si]1(C)CCCOO1. The Morgan fingerprint density at radius 2 is 2.12 bits per heavy atom. The molecular weight excluding hydrogens is 120 g/mol. The van der Waals surface area contributed by atoms with E-state index in [0.717, 1.165) is 6.61 Å². The van der Waals surface area contributed by atoms with Crippen LogP contribution in [0.15, 0.2) is 0 Å². The van der Waals surface area contributed by atoms with Gasteiger partial charge >= 0.3 is 0 Å². The summed E-state index contributed by atoms with van der Waals surface area (Å²) >= 11 is 0. The average Bonchev–Trinajstić information content (AvgIpc) is 1.65. The third-order valence-corrected chi connectivity index (χ3v) is 3.42. The predicted octanol–water partition coefficient (Wildman–Crippen LogP) is 1.54. The quantitative estimate of drug-likeness (QED) is 0.368. The fraction of sp³-hybridized carbons (Fsp3) is 1.00. The normalized spacial score (nSPS) is 27.8. The van der Waals surface area contributed by atoms with Gasteiger partial charge < -0.3 is 0 Å². The summed E-state index contributed by atoms with van der Waals surface area (Å²) in [6.07, 6.45) is 1.18. The largest absolute Gasteiger partial charge is 0.287 e. The van der Waals surface area contributed by atoms with Gasteiger partial charge in [-0.25, -0.2) is 4.89 Å². The van der Waals surface area contributed by atoms with Gasteiger partial charge in [0, 0.05) is 0 Å². The van der Waals surface area contributed by atoms with E-state index < -0.39 is 8.32 Å². The van der Waals surface area contributed by atoms with Gasteiger partial charge in [-0.1, -0.05) is 0 Å². The Morgan fingerprint density at radius 3 is 2.38 bits per heavy atom. The molecule has 3 heteroatoms. The molecule has 0 aromatic carbocycles. The molecule has 0 spiro atoms. The first-order chi connectivity index (χ1) is 3.71. The van der Waals surface area contributed by atoms with Crippen molar-refractivity contribution in [2.45, 2.75) is 25.6 Å². The highest BCUT2D eigenvalue weighted by atomic mass is 28.4. The molecule has 0 radical (unpaired) electrons. The van der Waals surface area contributed by atoms with Crippen molar-refractivity contribution < 1.29 is 9.46 Å². The van der Waals surface area contributed by atoms with Crippen LogP contribution in [0.25, 0.3) is 0 Å². The topological polar surface area (TPSA) is 18.5 Å². The zero-order chi connectivity index (χ0) is 6.04. The second-order valence-corrected chi connectivity index (χ2v) is 6.95. The fourth-order valence-electron chi connectivity index (χ4n) is 0.800. The summed E-state index contributed by atoms with van der Waals surface area (Å²) in [7, 11) is -1.31. The van der Waals surface area contributed by atoms with Gasteiger partial charge in [-0.15, -0.1) is 0 Å². The molecule has 8 heavy (non-hydrogen) atoms. The molecular formula is C5H12O2Si. The molecule has 2 nitrogen and oxygen atoms in total. The van der Waals surface area contributed by atoms with E-state index in [0.29, 0.717) is 0 Å². The third-order valence-electron chi connectivity index (χ3n) is 1.29. The van der Waals surface area contributed by atoms with Crippen molar-refractivity contribution in [3.63, 3.8) is 0 Å². The van der Waals surface area contributed by atoms with Gasteiger partial charge in [0.15, 0.2) is 0 Å². The highest BCUT2D eigenvalue weighted by Crippen LogP contribution is 2.18. The van der Waals surface area contributed by atoms with Crippen LogP contribution in [0.4, 0.5) is 0 Å². The first kappa shape index (κ1) is 6.26. The standard InChI is InChI=1S/C5H12O2Si/c1-8(2)5-3-4-6-7-8/h3-5H2,1-2H3. The lowest BCUT2D eigenvalue weighted by atomic mass is 10.5. The zero-order valence-electron chi connectivity index (χ0n) is 5.44. The second-order valence-electron chi connectivity index (χ2n) is 2.77. The van der Waals surface area contributed by atoms with E-state index >= 15 is 0 Å². The van der Waals surface area contributed by atoms with E-state index in [9.17, 15) is 0 Å². The second kappa shape index (κ2) is 2.17. The van der Waals surface area contributed by atoms with Crippen LogP contribution in [-0.4, -0.2) is 14.9 Å². The molecule has 1 aliphatic heterocycles. The average molecular weight is 132 g/mol. The van der Waals surface area contributed by atoms with E-state index in [1.165, 1.54) is 12.5 Å². The lowest BCUT2D eigenvalue weighted by molar-refractivity contribution is -0.228. The molecule has 0 aromatic rings. The van der Waals surface area contributed by atoms with E-state index in [1.54, 1.807) is 0 Å². The van der Waals surface area contributed by atoms with E-state index in [4.69, 9.17) is 9.46 Å². The van der Waals surface area contributed by atoms with Crippen LogP contribution in [0.3, 0.4) is 0 Å². The Morgan fingerprint density at radius 1 is 1.38 bits per heavy atom. The lowest BCUT2D eigenvalue weighted by Gasteiger charge is -2.25. The van der Waals surface area contributed by atoms with Crippen LogP contribution in [0.5, 0.6) is 0 Å². The Bertz CT molecular complexity index is 74.5. The molecule has 0 atom stereocenters. The third kappa shape index (κ3) is 1.58. The lowest BCUT2D eigenvalue weighted by Crippen LogP contribution is -2.34. The van der Waals surface area contributed by atoms with E-state index in [1.807, 2.05) is 0 Å². The maximum absolute atomic E-state index is 5.10. The maximum Gasteiger partial charge on any atom is 0.233 e. The van der Waals surface area contributed by atoms with Crippen LogP contribution in [-0.2, 0) is 9.46 Å². The molecule has 1 saturated heterocycles.